The van der Waals surface area contributed by atoms with E-state index in [2.05, 4.69) is 0 Å². The van der Waals surface area contributed by atoms with E-state index in [1.54, 1.807) is 0 Å². The average Bonchev–Trinajstić information content (AvgIpc) is 2.37. The first-order chi connectivity index (χ1) is 8.89. The molecule has 2 rings (SSSR count). The van der Waals surface area contributed by atoms with Gasteiger partial charge in [-0.2, -0.15) is 13.2 Å². The lowest BCUT2D eigenvalue weighted by molar-refractivity contribution is -0.137. The number of rotatable bonds is 2. The van der Waals surface area contributed by atoms with E-state index in [9.17, 15) is 18.0 Å². The van der Waals surface area contributed by atoms with Crippen molar-refractivity contribution in [2.45, 2.75) is 38.3 Å². The molecule has 0 atom stereocenters. The maximum atomic E-state index is 12.6. The third kappa shape index (κ3) is 3.30. The Morgan fingerprint density at radius 2 is 1.79 bits per heavy atom. The van der Waals surface area contributed by atoms with Crippen molar-refractivity contribution in [2.75, 3.05) is 0 Å². The lowest BCUT2D eigenvalue weighted by Crippen LogP contribution is -2.18. The summed E-state index contributed by atoms with van der Waals surface area (Å²) in [6.45, 7) is 0. The minimum absolute atomic E-state index is 0.0680. The quantitative estimate of drug-likeness (QED) is 0.691. The maximum Gasteiger partial charge on any atom is 0.417 e. The molecule has 0 bridgehead atoms. The molecule has 0 radical (unpaired) electrons. The van der Waals surface area contributed by atoms with Gasteiger partial charge in [-0.1, -0.05) is 36.9 Å². The number of alkyl halides is 3. The molecule has 0 unspecified atom stereocenters. The van der Waals surface area contributed by atoms with Crippen molar-refractivity contribution in [3.63, 3.8) is 0 Å². The Morgan fingerprint density at radius 3 is 2.32 bits per heavy atom. The van der Waals surface area contributed by atoms with E-state index < -0.39 is 16.8 Å². The van der Waals surface area contributed by atoms with Crippen LogP contribution in [0.15, 0.2) is 18.2 Å². The Morgan fingerprint density at radius 1 is 1.16 bits per heavy atom. The van der Waals surface area contributed by atoms with E-state index in [0.29, 0.717) is 0 Å². The molecule has 0 spiro atoms. The average molecular weight is 291 g/mol. The minimum atomic E-state index is -4.48. The monoisotopic (exact) mass is 290 g/mol. The normalized spacial score (nSPS) is 17.5. The summed E-state index contributed by atoms with van der Waals surface area (Å²) in [6, 6.07) is 3.26. The van der Waals surface area contributed by atoms with Gasteiger partial charge in [-0.15, -0.1) is 0 Å². The van der Waals surface area contributed by atoms with Gasteiger partial charge in [0.1, 0.15) is 0 Å². The molecule has 1 aromatic carbocycles. The van der Waals surface area contributed by atoms with E-state index in [-0.39, 0.29) is 17.3 Å². The summed E-state index contributed by atoms with van der Waals surface area (Å²) in [5.41, 5.74) is -0.612. The molecule has 1 nitrogen and oxygen atoms in total. The van der Waals surface area contributed by atoms with Crippen molar-refractivity contribution in [2.24, 2.45) is 5.92 Å². The predicted molar refractivity (Wildman–Crippen MR) is 67.4 cm³/mol. The van der Waals surface area contributed by atoms with Crippen LogP contribution in [0.2, 0.25) is 5.02 Å². The highest BCUT2D eigenvalue weighted by Crippen LogP contribution is 2.36. The number of carbonyl (C=O) groups is 1. The van der Waals surface area contributed by atoms with Crippen LogP contribution in [0, 0.1) is 5.92 Å². The zero-order valence-corrected chi connectivity index (χ0v) is 11.0. The fraction of sp³-hybridized carbons (Fsp3) is 0.500. The van der Waals surface area contributed by atoms with Gasteiger partial charge in [0.25, 0.3) is 0 Å². The highest BCUT2D eigenvalue weighted by atomic mass is 35.5. The molecule has 5 heteroatoms. The van der Waals surface area contributed by atoms with Crippen molar-refractivity contribution >= 4 is 17.4 Å². The molecule has 0 saturated heterocycles. The van der Waals surface area contributed by atoms with Gasteiger partial charge in [-0.05, 0) is 25.0 Å². The molecular formula is C14H14ClF3O. The fourth-order valence-corrected chi connectivity index (χ4v) is 2.79. The second-order valence-corrected chi connectivity index (χ2v) is 5.30. The van der Waals surface area contributed by atoms with Gasteiger partial charge >= 0.3 is 6.18 Å². The van der Waals surface area contributed by atoms with Crippen LogP contribution in [-0.4, -0.2) is 5.78 Å². The van der Waals surface area contributed by atoms with Crippen LogP contribution in [0.1, 0.15) is 48.0 Å². The van der Waals surface area contributed by atoms with E-state index in [1.165, 1.54) is 6.07 Å². The minimum Gasteiger partial charge on any atom is -0.294 e. The summed E-state index contributed by atoms with van der Waals surface area (Å²) < 4.78 is 37.7. The van der Waals surface area contributed by atoms with E-state index >= 15 is 0 Å². The number of carbonyl (C=O) groups excluding carboxylic acids is 1. The van der Waals surface area contributed by atoms with Gasteiger partial charge in [0.2, 0.25) is 0 Å². The first-order valence-corrected chi connectivity index (χ1v) is 6.68. The summed E-state index contributed by atoms with van der Waals surface area (Å²) in [7, 11) is 0. The number of hydrogen-bond donors (Lipinski definition) is 0. The molecule has 0 heterocycles. The molecule has 0 aromatic heterocycles. The first kappa shape index (κ1) is 14.4. The standard InChI is InChI=1S/C14H14ClF3O/c15-12-8-10(6-7-11(12)14(16,17)18)13(19)9-4-2-1-3-5-9/h6-9H,1-5H2. The summed E-state index contributed by atoms with van der Waals surface area (Å²) in [5, 5.41) is -0.408. The van der Waals surface area contributed by atoms with Gasteiger partial charge in [0, 0.05) is 11.5 Å². The predicted octanol–water partition coefficient (Wildman–Crippen LogP) is 5.12. The number of Topliss-reactive ketones (excluding diaryl/α,β-unsaturated/α-hetero) is 1. The lowest BCUT2D eigenvalue weighted by atomic mass is 9.84. The molecule has 1 aliphatic carbocycles. The van der Waals surface area contributed by atoms with Gasteiger partial charge in [-0.25, -0.2) is 0 Å². The number of benzene rings is 1. The topological polar surface area (TPSA) is 17.1 Å². The second kappa shape index (κ2) is 5.53. The Bertz CT molecular complexity index is 476. The van der Waals surface area contributed by atoms with Gasteiger partial charge in [-0.3, -0.25) is 4.79 Å². The van der Waals surface area contributed by atoms with Crippen LogP contribution in [0.5, 0.6) is 0 Å². The summed E-state index contributed by atoms with van der Waals surface area (Å²) in [5.74, 6) is -0.156. The summed E-state index contributed by atoms with van der Waals surface area (Å²) in [4.78, 5) is 12.2. The van der Waals surface area contributed by atoms with Crippen LogP contribution in [0.3, 0.4) is 0 Å². The van der Waals surface area contributed by atoms with E-state index in [4.69, 9.17) is 11.6 Å². The van der Waals surface area contributed by atoms with Crippen LogP contribution < -0.4 is 0 Å². The molecule has 0 amide bonds. The number of ketones is 1. The maximum absolute atomic E-state index is 12.6. The van der Waals surface area contributed by atoms with Crippen molar-refractivity contribution in [1.82, 2.24) is 0 Å². The third-order valence-corrected chi connectivity index (χ3v) is 3.85. The molecule has 1 aromatic rings. The van der Waals surface area contributed by atoms with Crippen LogP contribution in [0.25, 0.3) is 0 Å². The van der Waals surface area contributed by atoms with Crippen LogP contribution >= 0.6 is 11.6 Å². The van der Waals surface area contributed by atoms with Crippen LogP contribution in [-0.2, 0) is 6.18 Å². The SMILES string of the molecule is O=C(c1ccc(C(F)(F)F)c(Cl)c1)C1CCCCC1. The molecule has 0 aliphatic heterocycles. The largest absolute Gasteiger partial charge is 0.417 e. The zero-order chi connectivity index (χ0) is 14.0. The van der Waals surface area contributed by atoms with Gasteiger partial charge in [0.05, 0.1) is 10.6 Å². The zero-order valence-electron chi connectivity index (χ0n) is 10.3. The van der Waals surface area contributed by atoms with Crippen molar-refractivity contribution < 1.29 is 18.0 Å². The third-order valence-electron chi connectivity index (χ3n) is 3.53. The first-order valence-electron chi connectivity index (χ1n) is 6.30. The Kier molecular flexibility index (Phi) is 4.19. The molecule has 104 valence electrons. The molecule has 1 saturated carbocycles. The van der Waals surface area contributed by atoms with E-state index in [1.807, 2.05) is 0 Å². The van der Waals surface area contributed by atoms with Gasteiger partial charge in [0.15, 0.2) is 5.78 Å². The van der Waals surface area contributed by atoms with E-state index in [0.717, 1.165) is 44.2 Å². The van der Waals surface area contributed by atoms with Crippen LogP contribution in [0.4, 0.5) is 13.2 Å². The summed E-state index contributed by atoms with van der Waals surface area (Å²) in [6.07, 6.45) is 0.283. The van der Waals surface area contributed by atoms with Crippen molar-refractivity contribution in [3.8, 4) is 0 Å². The highest BCUT2D eigenvalue weighted by molar-refractivity contribution is 6.31. The molecular weight excluding hydrogens is 277 g/mol. The molecule has 1 fully saturated rings. The molecule has 1 aliphatic rings. The number of hydrogen-bond acceptors (Lipinski definition) is 1. The highest BCUT2D eigenvalue weighted by Gasteiger charge is 2.33. The Hall–Kier alpha value is -1.03. The Labute approximate surface area is 114 Å². The van der Waals surface area contributed by atoms with Crippen molar-refractivity contribution in [1.29, 1.82) is 0 Å². The molecule has 0 N–H and O–H groups in total. The molecule has 19 heavy (non-hydrogen) atoms. The van der Waals surface area contributed by atoms with Gasteiger partial charge < -0.3 is 0 Å². The fourth-order valence-electron chi connectivity index (χ4n) is 2.50. The Balaban J connectivity index is 2.22. The number of halogens is 4. The van der Waals surface area contributed by atoms with Crippen molar-refractivity contribution in [3.05, 3.63) is 34.3 Å². The lowest BCUT2D eigenvalue weighted by Gasteiger charge is -2.20. The smallest absolute Gasteiger partial charge is 0.294 e. The summed E-state index contributed by atoms with van der Waals surface area (Å²) >= 11 is 5.62. The second-order valence-electron chi connectivity index (χ2n) is 4.89.